The second kappa shape index (κ2) is 5.82. The minimum atomic E-state index is -1.15. The molecule has 1 fully saturated rings. The molecule has 1 aliphatic rings. The Kier molecular flexibility index (Phi) is 4.02. The zero-order chi connectivity index (χ0) is 15.9. The van der Waals surface area contributed by atoms with Crippen LogP contribution in [0.1, 0.15) is 40.6 Å². The van der Waals surface area contributed by atoms with Gasteiger partial charge in [-0.1, -0.05) is 29.3 Å². The van der Waals surface area contributed by atoms with E-state index in [2.05, 4.69) is 0 Å². The fraction of sp³-hybridized carbons (Fsp3) is 0.333. The summed E-state index contributed by atoms with van der Waals surface area (Å²) in [4.78, 5) is 23.4. The molecule has 1 heterocycles. The number of carboxylic acids is 1. The molecule has 0 saturated heterocycles. The first-order valence-electron chi connectivity index (χ1n) is 6.88. The topological polar surface area (TPSA) is 72.4 Å². The van der Waals surface area contributed by atoms with Crippen molar-refractivity contribution in [1.29, 1.82) is 0 Å². The summed E-state index contributed by atoms with van der Waals surface area (Å²) >= 11 is 12.2. The van der Waals surface area contributed by atoms with Gasteiger partial charge in [0.15, 0.2) is 5.69 Å². The first-order valence-corrected chi connectivity index (χ1v) is 7.64. The Morgan fingerprint density at radius 1 is 1.32 bits per heavy atom. The zero-order valence-corrected chi connectivity index (χ0v) is 13.0. The molecule has 1 N–H and O–H groups in total. The lowest BCUT2D eigenvalue weighted by molar-refractivity contribution is 0.0682. The predicted molar refractivity (Wildman–Crippen MR) is 82.1 cm³/mol. The maximum absolute atomic E-state index is 12.0. The smallest absolute Gasteiger partial charge is 0.419 e. The SMILES string of the molecule is O=C(O)c1c(C2CC2)oc(=O)n1CCc1c(Cl)cccc1Cl. The molecule has 1 aliphatic carbocycles. The highest BCUT2D eigenvalue weighted by Crippen LogP contribution is 2.41. The van der Waals surface area contributed by atoms with Crippen LogP contribution in [0.2, 0.25) is 10.0 Å². The van der Waals surface area contributed by atoms with Gasteiger partial charge in [0.2, 0.25) is 0 Å². The molecule has 0 spiro atoms. The minimum Gasteiger partial charge on any atom is -0.476 e. The van der Waals surface area contributed by atoms with E-state index in [4.69, 9.17) is 27.6 Å². The largest absolute Gasteiger partial charge is 0.476 e. The number of halogens is 2. The number of benzene rings is 1. The van der Waals surface area contributed by atoms with Crippen molar-refractivity contribution in [2.75, 3.05) is 0 Å². The third kappa shape index (κ3) is 2.78. The lowest BCUT2D eigenvalue weighted by Crippen LogP contribution is -2.21. The maximum Gasteiger partial charge on any atom is 0.419 e. The van der Waals surface area contributed by atoms with Gasteiger partial charge in [-0.15, -0.1) is 0 Å². The quantitative estimate of drug-likeness (QED) is 0.902. The van der Waals surface area contributed by atoms with Crippen molar-refractivity contribution in [2.45, 2.75) is 31.7 Å². The van der Waals surface area contributed by atoms with Crippen LogP contribution >= 0.6 is 23.2 Å². The van der Waals surface area contributed by atoms with Crippen molar-refractivity contribution in [2.24, 2.45) is 0 Å². The van der Waals surface area contributed by atoms with Crippen LogP contribution in [0.4, 0.5) is 0 Å². The summed E-state index contributed by atoms with van der Waals surface area (Å²) in [6.07, 6.45) is 2.05. The second-order valence-electron chi connectivity index (χ2n) is 5.26. The summed E-state index contributed by atoms with van der Waals surface area (Å²) in [7, 11) is 0. The number of aromatic nitrogens is 1. The van der Waals surface area contributed by atoms with Gasteiger partial charge in [0, 0.05) is 22.5 Å². The van der Waals surface area contributed by atoms with Crippen molar-refractivity contribution in [1.82, 2.24) is 4.57 Å². The number of hydrogen-bond donors (Lipinski definition) is 1. The van der Waals surface area contributed by atoms with Crippen molar-refractivity contribution in [3.63, 3.8) is 0 Å². The Bertz CT molecular complexity index is 769. The Morgan fingerprint density at radius 2 is 1.95 bits per heavy atom. The molecule has 2 aromatic rings. The highest BCUT2D eigenvalue weighted by atomic mass is 35.5. The van der Waals surface area contributed by atoms with E-state index < -0.39 is 11.7 Å². The Morgan fingerprint density at radius 3 is 2.50 bits per heavy atom. The molecule has 0 radical (unpaired) electrons. The van der Waals surface area contributed by atoms with E-state index in [0.29, 0.717) is 22.0 Å². The van der Waals surface area contributed by atoms with E-state index in [-0.39, 0.29) is 23.9 Å². The molecule has 0 bridgehead atoms. The summed E-state index contributed by atoms with van der Waals surface area (Å²) < 4.78 is 6.29. The number of carbonyl (C=O) groups is 1. The van der Waals surface area contributed by atoms with Gasteiger partial charge < -0.3 is 9.52 Å². The standard InChI is InChI=1S/C15H13Cl2NO4/c16-10-2-1-3-11(17)9(10)6-7-18-12(14(19)20)13(8-4-5-8)22-15(18)21/h1-3,8H,4-7H2,(H,19,20). The highest BCUT2D eigenvalue weighted by molar-refractivity contribution is 6.35. The monoisotopic (exact) mass is 341 g/mol. The molecule has 5 nitrogen and oxygen atoms in total. The van der Waals surface area contributed by atoms with Crippen LogP contribution in [0.5, 0.6) is 0 Å². The molecule has 0 unspecified atom stereocenters. The number of hydrogen-bond acceptors (Lipinski definition) is 3. The van der Waals surface area contributed by atoms with Crippen LogP contribution in [-0.4, -0.2) is 15.6 Å². The highest BCUT2D eigenvalue weighted by Gasteiger charge is 2.35. The maximum atomic E-state index is 12.0. The van der Waals surface area contributed by atoms with Gasteiger partial charge in [-0.3, -0.25) is 4.57 Å². The van der Waals surface area contributed by atoms with Crippen molar-refractivity contribution in [3.05, 3.63) is 55.8 Å². The summed E-state index contributed by atoms with van der Waals surface area (Å²) in [5.74, 6) is -1.48. The summed E-state index contributed by atoms with van der Waals surface area (Å²) in [6.45, 7) is 0.153. The van der Waals surface area contributed by atoms with E-state index in [9.17, 15) is 14.7 Å². The van der Waals surface area contributed by atoms with E-state index in [1.807, 2.05) is 0 Å². The summed E-state index contributed by atoms with van der Waals surface area (Å²) in [5.41, 5.74) is 0.624. The molecular weight excluding hydrogens is 329 g/mol. The lowest BCUT2D eigenvalue weighted by Gasteiger charge is -2.08. The average Bonchev–Trinajstić information content (AvgIpc) is 3.23. The number of rotatable bonds is 5. The van der Waals surface area contributed by atoms with Crippen LogP contribution in [-0.2, 0) is 13.0 Å². The molecular formula is C15H13Cl2NO4. The number of aromatic carboxylic acids is 1. The van der Waals surface area contributed by atoms with Crippen LogP contribution < -0.4 is 5.76 Å². The normalized spacial score (nSPS) is 14.3. The van der Waals surface area contributed by atoms with Crippen LogP contribution in [0, 0.1) is 0 Å². The summed E-state index contributed by atoms with van der Waals surface area (Å²) in [5, 5.41) is 10.3. The van der Waals surface area contributed by atoms with Gasteiger partial charge >= 0.3 is 11.7 Å². The fourth-order valence-electron chi connectivity index (χ4n) is 2.46. The molecule has 7 heteroatoms. The van der Waals surface area contributed by atoms with Crippen LogP contribution in [0.25, 0.3) is 0 Å². The minimum absolute atomic E-state index is 0.0453. The van der Waals surface area contributed by atoms with Crippen LogP contribution in [0.3, 0.4) is 0 Å². The Balaban J connectivity index is 1.92. The number of oxazole rings is 1. The second-order valence-corrected chi connectivity index (χ2v) is 6.08. The van der Waals surface area contributed by atoms with Gasteiger partial charge in [0.05, 0.1) is 0 Å². The molecule has 116 valence electrons. The van der Waals surface area contributed by atoms with Gasteiger partial charge in [-0.05, 0) is 37.0 Å². The molecule has 0 aliphatic heterocycles. The molecule has 3 rings (SSSR count). The fourth-order valence-corrected chi connectivity index (χ4v) is 3.05. The van der Waals surface area contributed by atoms with E-state index in [1.165, 1.54) is 0 Å². The van der Waals surface area contributed by atoms with Crippen molar-refractivity contribution in [3.8, 4) is 0 Å². The number of carboxylic acid groups (broad SMARTS) is 1. The summed E-state index contributed by atoms with van der Waals surface area (Å²) in [6, 6.07) is 5.13. The Hall–Kier alpha value is -1.72. The van der Waals surface area contributed by atoms with Crippen molar-refractivity contribution >= 4 is 29.2 Å². The van der Waals surface area contributed by atoms with Gasteiger partial charge in [0.25, 0.3) is 0 Å². The van der Waals surface area contributed by atoms with Crippen LogP contribution in [0.15, 0.2) is 27.4 Å². The first kappa shape index (κ1) is 15.2. The third-order valence-corrected chi connectivity index (χ3v) is 4.43. The van der Waals surface area contributed by atoms with Gasteiger partial charge in [-0.25, -0.2) is 9.59 Å². The van der Waals surface area contributed by atoms with E-state index in [0.717, 1.165) is 17.4 Å². The molecule has 1 aromatic heterocycles. The molecule has 0 amide bonds. The Labute approximate surface area is 136 Å². The first-order chi connectivity index (χ1) is 10.5. The molecule has 1 saturated carbocycles. The van der Waals surface area contributed by atoms with Gasteiger partial charge in [0.1, 0.15) is 5.76 Å². The average molecular weight is 342 g/mol. The predicted octanol–water partition coefficient (Wildman–Crippen LogP) is 3.57. The van der Waals surface area contributed by atoms with E-state index in [1.54, 1.807) is 18.2 Å². The van der Waals surface area contributed by atoms with Gasteiger partial charge in [-0.2, -0.15) is 0 Å². The van der Waals surface area contributed by atoms with Crippen molar-refractivity contribution < 1.29 is 14.3 Å². The van der Waals surface area contributed by atoms with E-state index >= 15 is 0 Å². The molecule has 1 aromatic carbocycles. The third-order valence-electron chi connectivity index (χ3n) is 3.72. The molecule has 0 atom stereocenters. The zero-order valence-electron chi connectivity index (χ0n) is 11.5. The number of nitrogens with zero attached hydrogens (tertiary/aromatic N) is 1. The molecule has 22 heavy (non-hydrogen) atoms. The lowest BCUT2D eigenvalue weighted by atomic mass is 10.1.